The van der Waals surface area contributed by atoms with Gasteiger partial charge in [-0.15, -0.1) is 12.4 Å². The molecule has 0 aliphatic carbocycles. The molecular weight excluding hydrogens is 170 g/mol. The first-order valence-electron chi connectivity index (χ1n) is 2.96. The molecule has 0 bridgehead atoms. The maximum Gasteiger partial charge on any atom is 0.278 e. The van der Waals surface area contributed by atoms with Crippen LogP contribution in [0.5, 0.6) is 5.88 Å². The van der Waals surface area contributed by atoms with Gasteiger partial charge in [0.1, 0.15) is 12.3 Å². The van der Waals surface area contributed by atoms with Gasteiger partial charge in [-0.2, -0.15) is 0 Å². The molecule has 0 saturated heterocycles. The number of nitrogens with two attached hydrogens (primary N) is 1. The lowest BCUT2D eigenvalue weighted by atomic mass is 10.5. The second-order valence-electron chi connectivity index (χ2n) is 1.79. The van der Waals surface area contributed by atoms with E-state index in [9.17, 15) is 0 Å². The van der Waals surface area contributed by atoms with E-state index in [1.807, 2.05) is 0 Å². The van der Waals surface area contributed by atoms with Crippen LogP contribution in [0, 0.1) is 6.92 Å². The van der Waals surface area contributed by atoms with Crippen LogP contribution in [0.15, 0.2) is 4.63 Å². The minimum absolute atomic E-state index is 0. The summed E-state index contributed by atoms with van der Waals surface area (Å²) in [5.41, 5.74) is 5.84. The first-order valence-corrected chi connectivity index (χ1v) is 2.96. The van der Waals surface area contributed by atoms with Gasteiger partial charge in [0.05, 0.1) is 0 Å². The van der Waals surface area contributed by atoms with Crippen molar-refractivity contribution in [3.8, 4) is 5.88 Å². The lowest BCUT2D eigenvalue weighted by Gasteiger charge is -1.96. The fourth-order valence-electron chi connectivity index (χ4n) is 0.510. The Kier molecular flexibility index (Phi) is 4.56. The largest absolute Gasteiger partial charge is 0.473 e. The van der Waals surface area contributed by atoms with Crippen molar-refractivity contribution in [2.24, 2.45) is 5.73 Å². The zero-order valence-corrected chi connectivity index (χ0v) is 6.93. The Morgan fingerprint density at radius 2 is 2.27 bits per heavy atom. The minimum Gasteiger partial charge on any atom is -0.473 e. The summed E-state index contributed by atoms with van der Waals surface area (Å²) >= 11 is 0. The van der Waals surface area contributed by atoms with Crippen LogP contribution in [0.4, 0.5) is 0 Å². The number of ether oxygens (including phenoxy) is 1. The summed E-state index contributed by atoms with van der Waals surface area (Å²) < 4.78 is 9.41. The minimum atomic E-state index is 0. The fraction of sp³-hybridized carbons (Fsp3) is 0.600. The quantitative estimate of drug-likeness (QED) is 0.715. The zero-order valence-electron chi connectivity index (χ0n) is 6.11. The molecule has 0 aromatic carbocycles. The van der Waals surface area contributed by atoms with E-state index in [0.29, 0.717) is 24.7 Å². The molecule has 1 aromatic heterocycles. The van der Waals surface area contributed by atoms with Crippen molar-refractivity contribution in [1.29, 1.82) is 0 Å². The second kappa shape index (κ2) is 4.92. The van der Waals surface area contributed by atoms with Crippen LogP contribution in [-0.2, 0) is 0 Å². The molecule has 0 unspecified atom stereocenters. The molecule has 2 N–H and O–H groups in total. The van der Waals surface area contributed by atoms with E-state index in [2.05, 4.69) is 14.9 Å². The molecule has 0 atom stereocenters. The van der Waals surface area contributed by atoms with Gasteiger partial charge >= 0.3 is 0 Å². The number of aromatic nitrogens is 2. The highest BCUT2D eigenvalue weighted by Crippen LogP contribution is 2.08. The number of hydrogen-bond donors (Lipinski definition) is 1. The normalized spacial score (nSPS) is 8.91. The van der Waals surface area contributed by atoms with Gasteiger partial charge in [-0.1, -0.05) is 5.16 Å². The average Bonchev–Trinajstić information content (AvgIpc) is 2.31. The maximum absolute atomic E-state index is 5.19. The predicted molar refractivity (Wildman–Crippen MR) is 40.8 cm³/mol. The Labute approximate surface area is 70.3 Å². The van der Waals surface area contributed by atoms with Crippen LogP contribution in [0.25, 0.3) is 0 Å². The first kappa shape index (κ1) is 10.2. The highest BCUT2D eigenvalue weighted by molar-refractivity contribution is 5.85. The van der Waals surface area contributed by atoms with Crippen LogP contribution in [0.3, 0.4) is 0 Å². The fourth-order valence-corrected chi connectivity index (χ4v) is 0.510. The highest BCUT2D eigenvalue weighted by atomic mass is 35.5. The Morgan fingerprint density at radius 3 is 2.73 bits per heavy atom. The Hall–Kier alpha value is -0.810. The number of halogens is 1. The van der Waals surface area contributed by atoms with Crippen molar-refractivity contribution in [3.63, 3.8) is 0 Å². The third-order valence-corrected chi connectivity index (χ3v) is 0.968. The molecule has 0 aliphatic heterocycles. The van der Waals surface area contributed by atoms with E-state index < -0.39 is 0 Å². The molecule has 0 fully saturated rings. The maximum atomic E-state index is 5.19. The van der Waals surface area contributed by atoms with Crippen LogP contribution in [-0.4, -0.2) is 23.5 Å². The Balaban J connectivity index is 0.000001000. The van der Waals surface area contributed by atoms with Crippen molar-refractivity contribution in [2.75, 3.05) is 13.2 Å². The molecule has 0 spiro atoms. The predicted octanol–water partition coefficient (Wildman–Crippen LogP) is 0.137. The van der Waals surface area contributed by atoms with Crippen molar-refractivity contribution < 1.29 is 9.37 Å². The molecule has 5 nitrogen and oxygen atoms in total. The van der Waals surface area contributed by atoms with E-state index in [4.69, 9.17) is 10.5 Å². The van der Waals surface area contributed by atoms with Gasteiger partial charge in [0.25, 0.3) is 5.88 Å². The molecule has 0 aliphatic rings. The van der Waals surface area contributed by atoms with Gasteiger partial charge in [-0.05, 0) is 12.1 Å². The lowest BCUT2D eigenvalue weighted by Crippen LogP contribution is -2.11. The first-order chi connectivity index (χ1) is 4.84. The van der Waals surface area contributed by atoms with E-state index in [-0.39, 0.29) is 12.4 Å². The number of aryl methyl sites for hydroxylation is 1. The van der Waals surface area contributed by atoms with E-state index in [1.165, 1.54) is 0 Å². The number of nitrogens with zero attached hydrogens (tertiary/aromatic N) is 2. The molecule has 0 saturated carbocycles. The molecule has 1 heterocycles. The topological polar surface area (TPSA) is 74.2 Å². The number of hydrogen-bond acceptors (Lipinski definition) is 5. The summed E-state index contributed by atoms with van der Waals surface area (Å²) in [6.07, 6.45) is 0. The third-order valence-electron chi connectivity index (χ3n) is 0.968. The van der Waals surface area contributed by atoms with Crippen molar-refractivity contribution >= 4 is 12.4 Å². The lowest BCUT2D eigenvalue weighted by molar-refractivity contribution is 0.260. The third kappa shape index (κ3) is 2.73. The van der Waals surface area contributed by atoms with Crippen LogP contribution >= 0.6 is 12.4 Å². The highest BCUT2D eigenvalue weighted by Gasteiger charge is 2.03. The van der Waals surface area contributed by atoms with Gasteiger partial charge in [-0.25, -0.2) is 4.63 Å². The molecule has 1 aromatic rings. The van der Waals surface area contributed by atoms with Crippen LogP contribution in [0.1, 0.15) is 5.69 Å². The summed E-state index contributed by atoms with van der Waals surface area (Å²) in [6, 6.07) is 0. The van der Waals surface area contributed by atoms with Gasteiger partial charge in [-0.3, -0.25) is 0 Å². The number of rotatable bonds is 3. The Morgan fingerprint density at radius 1 is 1.55 bits per heavy atom. The SMILES string of the molecule is Cc1nonc1OCCN.Cl. The van der Waals surface area contributed by atoms with E-state index in [0.717, 1.165) is 0 Å². The van der Waals surface area contributed by atoms with Gasteiger partial charge < -0.3 is 10.5 Å². The summed E-state index contributed by atoms with van der Waals surface area (Å²) in [6.45, 7) is 2.66. The molecule has 11 heavy (non-hydrogen) atoms. The summed E-state index contributed by atoms with van der Waals surface area (Å²) in [5, 5.41) is 7.01. The zero-order chi connectivity index (χ0) is 7.40. The molecule has 0 amide bonds. The summed E-state index contributed by atoms with van der Waals surface area (Å²) in [5.74, 6) is 0.422. The van der Waals surface area contributed by atoms with Crippen molar-refractivity contribution in [3.05, 3.63) is 5.69 Å². The molecule has 6 heteroatoms. The van der Waals surface area contributed by atoms with Gasteiger partial charge in [0, 0.05) is 6.54 Å². The van der Waals surface area contributed by atoms with Crippen LogP contribution < -0.4 is 10.5 Å². The van der Waals surface area contributed by atoms with Gasteiger partial charge in [0.2, 0.25) is 0 Å². The summed E-state index contributed by atoms with van der Waals surface area (Å²) in [7, 11) is 0. The second-order valence-corrected chi connectivity index (χ2v) is 1.79. The Bertz CT molecular complexity index is 203. The summed E-state index contributed by atoms with van der Waals surface area (Å²) in [4.78, 5) is 0. The molecule has 0 radical (unpaired) electrons. The standard InChI is InChI=1S/C5H9N3O2.ClH/c1-4-5(8-10-7-4)9-3-2-6;/h2-3,6H2,1H3;1H. The van der Waals surface area contributed by atoms with Crippen molar-refractivity contribution in [1.82, 2.24) is 10.3 Å². The smallest absolute Gasteiger partial charge is 0.278 e. The van der Waals surface area contributed by atoms with Crippen molar-refractivity contribution in [2.45, 2.75) is 6.92 Å². The molecule has 1 rings (SSSR count). The van der Waals surface area contributed by atoms with E-state index in [1.54, 1.807) is 6.92 Å². The monoisotopic (exact) mass is 179 g/mol. The molecular formula is C5H10ClN3O2. The molecule has 64 valence electrons. The average molecular weight is 180 g/mol. The van der Waals surface area contributed by atoms with Crippen LogP contribution in [0.2, 0.25) is 0 Å². The van der Waals surface area contributed by atoms with E-state index >= 15 is 0 Å². The van der Waals surface area contributed by atoms with Gasteiger partial charge in [0.15, 0.2) is 0 Å².